The summed E-state index contributed by atoms with van der Waals surface area (Å²) in [6, 6.07) is 9.72. The third kappa shape index (κ3) is 3.97. The zero-order valence-electron chi connectivity index (χ0n) is 17.8. The lowest BCUT2D eigenvalue weighted by Crippen LogP contribution is -2.58. The fourth-order valence-corrected chi connectivity index (χ4v) is 3.92. The number of hydrogen-bond donors (Lipinski definition) is 0. The summed E-state index contributed by atoms with van der Waals surface area (Å²) in [5, 5.41) is 0. The third-order valence-corrected chi connectivity index (χ3v) is 5.40. The largest absolute Gasteiger partial charge is 0.457 e. The first-order valence-electron chi connectivity index (χ1n) is 9.82. The van der Waals surface area contributed by atoms with Gasteiger partial charge in [0, 0.05) is 0 Å². The molecule has 3 rings (SSSR count). The number of benzene rings is 2. The molecule has 1 aliphatic rings. The monoisotopic (exact) mass is 398 g/mol. The fourth-order valence-electron chi connectivity index (χ4n) is 3.92. The number of carbonyl (C=O) groups is 2. The number of halogens is 1. The van der Waals surface area contributed by atoms with E-state index in [1.165, 1.54) is 12.1 Å². The van der Waals surface area contributed by atoms with Crippen molar-refractivity contribution in [3.63, 3.8) is 0 Å². The lowest BCUT2D eigenvalue weighted by atomic mass is 9.73. The van der Waals surface area contributed by atoms with E-state index < -0.39 is 17.1 Å². The Kier molecular flexibility index (Phi) is 5.39. The number of ether oxygens (including phenoxy) is 2. The van der Waals surface area contributed by atoms with Crippen LogP contribution in [0.4, 0.5) is 4.39 Å². The van der Waals surface area contributed by atoms with Gasteiger partial charge in [0.25, 0.3) is 0 Å². The summed E-state index contributed by atoms with van der Waals surface area (Å²) >= 11 is 0. The quantitative estimate of drug-likeness (QED) is 0.656. The van der Waals surface area contributed by atoms with Crippen LogP contribution in [0.2, 0.25) is 0 Å². The normalized spacial score (nSPS) is 18.7. The van der Waals surface area contributed by atoms with Gasteiger partial charge in [-0.1, -0.05) is 13.0 Å². The maximum atomic E-state index is 13.4. The molecule has 1 fully saturated rings. The van der Waals surface area contributed by atoms with E-state index in [1.54, 1.807) is 52.8 Å². The second-order valence-electron chi connectivity index (χ2n) is 8.51. The Labute approximate surface area is 171 Å². The second kappa shape index (κ2) is 7.38. The van der Waals surface area contributed by atoms with Crippen molar-refractivity contribution in [2.24, 2.45) is 0 Å². The minimum Gasteiger partial charge on any atom is -0.457 e. The average molecular weight is 398 g/mol. The van der Waals surface area contributed by atoms with Crippen LogP contribution < -0.4 is 4.74 Å². The van der Waals surface area contributed by atoms with E-state index in [1.807, 2.05) is 13.0 Å². The number of Topliss-reactive ketones (excluding diaryl/α,β-unsaturated/α-hetero) is 2. The molecule has 29 heavy (non-hydrogen) atoms. The molecule has 0 unspecified atom stereocenters. The molecular weight excluding hydrogens is 371 g/mol. The van der Waals surface area contributed by atoms with Crippen molar-refractivity contribution in [1.29, 1.82) is 0 Å². The highest BCUT2D eigenvalue weighted by atomic mass is 19.1. The predicted molar refractivity (Wildman–Crippen MR) is 109 cm³/mol. The van der Waals surface area contributed by atoms with Crippen LogP contribution in [0.15, 0.2) is 36.4 Å². The second-order valence-corrected chi connectivity index (χ2v) is 8.51. The van der Waals surface area contributed by atoms with Gasteiger partial charge in [-0.2, -0.15) is 0 Å². The lowest BCUT2D eigenvalue weighted by Gasteiger charge is -2.43. The van der Waals surface area contributed by atoms with E-state index in [9.17, 15) is 14.0 Å². The van der Waals surface area contributed by atoms with E-state index in [0.29, 0.717) is 29.0 Å². The van der Waals surface area contributed by atoms with Gasteiger partial charge >= 0.3 is 0 Å². The van der Waals surface area contributed by atoms with Gasteiger partial charge in [0.05, 0.1) is 0 Å². The van der Waals surface area contributed by atoms with E-state index in [-0.39, 0.29) is 17.4 Å². The van der Waals surface area contributed by atoms with Crippen LogP contribution in [-0.4, -0.2) is 22.8 Å². The van der Waals surface area contributed by atoms with Crippen molar-refractivity contribution in [3.05, 3.63) is 58.9 Å². The minimum absolute atomic E-state index is 0.258. The van der Waals surface area contributed by atoms with E-state index in [4.69, 9.17) is 9.47 Å². The summed E-state index contributed by atoms with van der Waals surface area (Å²) < 4.78 is 25.1. The fraction of sp³-hybridized carbons (Fsp3) is 0.417. The standard InChI is InChI=1S/C24H27FO4/c1-7-15-8-10-17(28-19-11-9-16(25)12-14(19)2)13-18(15)20-21(26)23(3,4)29-24(5,6)22(20)27/h8-13,20H,7H2,1-6H3. The summed E-state index contributed by atoms with van der Waals surface area (Å²) in [7, 11) is 0. The van der Waals surface area contributed by atoms with Crippen LogP contribution >= 0.6 is 0 Å². The Bertz CT molecular complexity index is 949. The molecule has 1 saturated heterocycles. The number of carbonyl (C=O) groups excluding carboxylic acids is 2. The summed E-state index contributed by atoms with van der Waals surface area (Å²) in [5.74, 6) is -0.749. The SMILES string of the molecule is CCc1ccc(Oc2ccc(F)cc2C)cc1C1C(=O)C(C)(C)OC(C)(C)C1=O. The van der Waals surface area contributed by atoms with Gasteiger partial charge in [-0.15, -0.1) is 0 Å². The van der Waals surface area contributed by atoms with Crippen LogP contribution in [0.3, 0.4) is 0 Å². The molecular formula is C24H27FO4. The molecule has 0 saturated carbocycles. The molecule has 0 aliphatic carbocycles. The van der Waals surface area contributed by atoms with Gasteiger partial charge < -0.3 is 9.47 Å². The van der Waals surface area contributed by atoms with Crippen molar-refractivity contribution < 1.29 is 23.5 Å². The predicted octanol–water partition coefficient (Wildman–Crippen LogP) is 5.30. The van der Waals surface area contributed by atoms with Gasteiger partial charge in [-0.3, -0.25) is 9.59 Å². The van der Waals surface area contributed by atoms with Gasteiger partial charge in [-0.05, 0) is 88.1 Å². The highest BCUT2D eigenvalue weighted by molar-refractivity contribution is 6.15. The lowest BCUT2D eigenvalue weighted by molar-refractivity contribution is -0.184. The number of aryl methyl sites for hydroxylation is 2. The van der Waals surface area contributed by atoms with E-state index in [0.717, 1.165) is 5.56 Å². The first-order valence-corrected chi connectivity index (χ1v) is 9.82. The summed E-state index contributed by atoms with van der Waals surface area (Å²) in [5.41, 5.74) is 0.0684. The topological polar surface area (TPSA) is 52.6 Å². The number of ketones is 2. The first-order chi connectivity index (χ1) is 13.5. The Hall–Kier alpha value is -2.53. The van der Waals surface area contributed by atoms with E-state index >= 15 is 0 Å². The average Bonchev–Trinajstić information content (AvgIpc) is 2.62. The van der Waals surface area contributed by atoms with Gasteiger partial charge in [-0.25, -0.2) is 4.39 Å². The molecule has 154 valence electrons. The summed E-state index contributed by atoms with van der Waals surface area (Å²) in [6.07, 6.45) is 0.671. The van der Waals surface area contributed by atoms with Crippen LogP contribution in [-0.2, 0) is 20.7 Å². The van der Waals surface area contributed by atoms with Crippen molar-refractivity contribution >= 4 is 11.6 Å². The molecule has 2 aromatic rings. The van der Waals surface area contributed by atoms with Crippen molar-refractivity contribution in [1.82, 2.24) is 0 Å². The molecule has 0 N–H and O–H groups in total. The highest BCUT2D eigenvalue weighted by Gasteiger charge is 2.53. The van der Waals surface area contributed by atoms with Crippen LogP contribution in [0, 0.1) is 12.7 Å². The molecule has 2 aromatic carbocycles. The molecule has 0 spiro atoms. The molecule has 4 nitrogen and oxygen atoms in total. The highest BCUT2D eigenvalue weighted by Crippen LogP contribution is 2.41. The molecule has 0 aromatic heterocycles. The van der Waals surface area contributed by atoms with Crippen molar-refractivity contribution in [2.75, 3.05) is 0 Å². The molecule has 0 radical (unpaired) electrons. The molecule has 0 bridgehead atoms. The Morgan fingerprint density at radius 3 is 2.17 bits per heavy atom. The third-order valence-electron chi connectivity index (χ3n) is 5.40. The molecule has 5 heteroatoms. The zero-order chi connectivity index (χ0) is 21.6. The van der Waals surface area contributed by atoms with Crippen LogP contribution in [0.25, 0.3) is 0 Å². The Morgan fingerprint density at radius 1 is 1.00 bits per heavy atom. The maximum Gasteiger partial charge on any atom is 0.179 e. The van der Waals surface area contributed by atoms with Crippen molar-refractivity contribution in [2.45, 2.75) is 65.1 Å². The molecule has 1 heterocycles. The Morgan fingerprint density at radius 2 is 1.62 bits per heavy atom. The van der Waals surface area contributed by atoms with Crippen LogP contribution in [0.5, 0.6) is 11.5 Å². The van der Waals surface area contributed by atoms with Gasteiger partial charge in [0.1, 0.15) is 34.4 Å². The maximum absolute atomic E-state index is 13.4. The van der Waals surface area contributed by atoms with Gasteiger partial charge in [0.15, 0.2) is 11.6 Å². The minimum atomic E-state index is -1.07. The van der Waals surface area contributed by atoms with E-state index in [2.05, 4.69) is 0 Å². The first kappa shape index (κ1) is 21.2. The number of rotatable bonds is 4. The molecule has 0 amide bonds. The smallest absolute Gasteiger partial charge is 0.179 e. The van der Waals surface area contributed by atoms with Crippen molar-refractivity contribution in [3.8, 4) is 11.5 Å². The van der Waals surface area contributed by atoms with Crippen LogP contribution in [0.1, 0.15) is 57.2 Å². The van der Waals surface area contributed by atoms with Gasteiger partial charge in [0.2, 0.25) is 0 Å². The number of hydrogen-bond acceptors (Lipinski definition) is 4. The zero-order valence-corrected chi connectivity index (χ0v) is 17.8. The Balaban J connectivity index is 2.07. The molecule has 1 aliphatic heterocycles. The summed E-state index contributed by atoms with van der Waals surface area (Å²) in [4.78, 5) is 26.3. The molecule has 0 atom stereocenters. The summed E-state index contributed by atoms with van der Waals surface area (Å²) in [6.45, 7) is 10.5.